The van der Waals surface area contributed by atoms with Crippen LogP contribution in [0.3, 0.4) is 0 Å². The second-order valence-electron chi connectivity index (χ2n) is 4.79. The van der Waals surface area contributed by atoms with Crippen molar-refractivity contribution in [1.29, 1.82) is 0 Å². The van der Waals surface area contributed by atoms with Crippen LogP contribution in [0, 0.1) is 6.92 Å². The molecule has 0 atom stereocenters. The van der Waals surface area contributed by atoms with Gasteiger partial charge in [-0.2, -0.15) is 0 Å². The van der Waals surface area contributed by atoms with E-state index in [4.69, 9.17) is 4.84 Å². The molecular weight excluding hydrogens is 300 g/mol. The first kappa shape index (κ1) is 14.3. The molecule has 3 aromatic rings. The average molecular weight is 314 g/mol. The lowest BCUT2D eigenvalue weighted by Gasteiger charge is -2.08. The molecule has 1 aromatic heterocycles. The number of rotatable bonds is 3. The molecule has 112 valence electrons. The van der Waals surface area contributed by atoms with Gasteiger partial charge in [0.05, 0.1) is 4.70 Å². The molecule has 0 aliphatic rings. The van der Waals surface area contributed by atoms with Gasteiger partial charge in [0.2, 0.25) is 0 Å². The number of aryl methyl sites for hydroxylation is 1. The Morgan fingerprint density at radius 1 is 1.18 bits per heavy atom. The van der Waals surface area contributed by atoms with Gasteiger partial charge in [-0.15, -0.1) is 4.73 Å². The van der Waals surface area contributed by atoms with Crippen LogP contribution in [0.5, 0.6) is 0 Å². The van der Waals surface area contributed by atoms with E-state index in [1.165, 1.54) is 0 Å². The van der Waals surface area contributed by atoms with E-state index in [1.54, 1.807) is 12.1 Å². The second-order valence-corrected chi connectivity index (χ2v) is 5.78. The lowest BCUT2D eigenvalue weighted by atomic mass is 10.1. The fourth-order valence-corrected chi connectivity index (χ4v) is 2.93. The largest absolute Gasteiger partial charge is 0.432 e. The summed E-state index contributed by atoms with van der Waals surface area (Å²) >= 11 is 1.04. The van der Waals surface area contributed by atoms with E-state index in [2.05, 4.69) is 5.32 Å². The Kier molecular flexibility index (Phi) is 3.93. The first-order valence-electron chi connectivity index (χ1n) is 6.76. The standard InChI is InChI=1S/C16H14N2O3S/c1-11-6-2-3-7-12(11)10-17-15(19)21-18-13-8-4-5-9-14(13)22-16(18)20/h2-9H,10H2,1H3,(H,17,19). The molecule has 2 aromatic carbocycles. The maximum absolute atomic E-state index is 11.9. The monoisotopic (exact) mass is 314 g/mol. The van der Waals surface area contributed by atoms with E-state index in [9.17, 15) is 9.59 Å². The summed E-state index contributed by atoms with van der Waals surface area (Å²) in [6.07, 6.45) is -0.658. The predicted molar refractivity (Wildman–Crippen MR) is 86.1 cm³/mol. The number of amides is 1. The number of hydrogen-bond acceptors (Lipinski definition) is 4. The predicted octanol–water partition coefficient (Wildman–Crippen LogP) is 2.71. The van der Waals surface area contributed by atoms with Crippen molar-refractivity contribution in [3.63, 3.8) is 0 Å². The highest BCUT2D eigenvalue weighted by Crippen LogP contribution is 2.15. The smallest absolute Gasteiger partial charge is 0.316 e. The molecule has 0 saturated carbocycles. The molecule has 0 saturated heterocycles. The Balaban J connectivity index is 1.73. The molecule has 6 heteroatoms. The van der Waals surface area contributed by atoms with Crippen molar-refractivity contribution in [2.45, 2.75) is 13.5 Å². The molecule has 0 aliphatic heterocycles. The highest BCUT2D eigenvalue weighted by molar-refractivity contribution is 7.16. The summed E-state index contributed by atoms with van der Waals surface area (Å²) in [5, 5.41) is 2.65. The molecule has 0 bridgehead atoms. The molecule has 1 heterocycles. The number of aromatic nitrogens is 1. The summed E-state index contributed by atoms with van der Waals surface area (Å²) in [7, 11) is 0. The highest BCUT2D eigenvalue weighted by Gasteiger charge is 2.12. The van der Waals surface area contributed by atoms with E-state index >= 15 is 0 Å². The minimum Gasteiger partial charge on any atom is -0.316 e. The van der Waals surface area contributed by atoms with Crippen LogP contribution >= 0.6 is 11.3 Å². The van der Waals surface area contributed by atoms with Crippen LogP contribution in [0.4, 0.5) is 4.79 Å². The Hall–Kier alpha value is -2.60. The SMILES string of the molecule is Cc1ccccc1CNC(=O)On1c(=O)sc2ccccc21. The van der Waals surface area contributed by atoms with Gasteiger partial charge in [0.15, 0.2) is 0 Å². The number of fused-ring (bicyclic) bond motifs is 1. The topological polar surface area (TPSA) is 60.3 Å². The van der Waals surface area contributed by atoms with Crippen molar-refractivity contribution in [1.82, 2.24) is 10.0 Å². The van der Waals surface area contributed by atoms with Crippen LogP contribution in [0.2, 0.25) is 0 Å². The van der Waals surface area contributed by atoms with Crippen LogP contribution in [-0.4, -0.2) is 10.8 Å². The maximum Gasteiger partial charge on any atom is 0.432 e. The summed E-state index contributed by atoms with van der Waals surface area (Å²) in [6, 6.07) is 14.9. The van der Waals surface area contributed by atoms with Gasteiger partial charge < -0.3 is 10.2 Å². The molecule has 0 unspecified atom stereocenters. The van der Waals surface area contributed by atoms with E-state index in [-0.39, 0.29) is 4.87 Å². The average Bonchev–Trinajstić information content (AvgIpc) is 2.83. The summed E-state index contributed by atoms with van der Waals surface area (Å²) in [5.41, 5.74) is 2.67. The van der Waals surface area contributed by atoms with E-state index in [0.29, 0.717) is 12.1 Å². The number of carbonyl (C=O) groups is 1. The normalized spacial score (nSPS) is 10.6. The van der Waals surface area contributed by atoms with Gasteiger partial charge in [-0.1, -0.05) is 47.7 Å². The number of nitrogens with one attached hydrogen (secondary N) is 1. The van der Waals surface area contributed by atoms with Gasteiger partial charge in [0.25, 0.3) is 0 Å². The summed E-state index contributed by atoms with van der Waals surface area (Å²) in [6.45, 7) is 2.32. The highest BCUT2D eigenvalue weighted by atomic mass is 32.1. The van der Waals surface area contributed by atoms with Crippen LogP contribution in [0.1, 0.15) is 11.1 Å². The fourth-order valence-electron chi connectivity index (χ4n) is 2.12. The number of thiazole rings is 1. The first-order valence-corrected chi connectivity index (χ1v) is 7.58. The van der Waals surface area contributed by atoms with Gasteiger partial charge >= 0.3 is 11.0 Å². The minimum absolute atomic E-state index is 0.327. The summed E-state index contributed by atoms with van der Waals surface area (Å²) in [5.74, 6) is 0. The lowest BCUT2D eigenvalue weighted by Crippen LogP contribution is -2.35. The van der Waals surface area contributed by atoms with Gasteiger partial charge in [0.1, 0.15) is 5.52 Å². The van der Waals surface area contributed by atoms with Crippen molar-refractivity contribution in [2.24, 2.45) is 0 Å². The summed E-state index contributed by atoms with van der Waals surface area (Å²) in [4.78, 5) is 28.6. The molecule has 0 spiro atoms. The number of carbonyl (C=O) groups excluding carboxylic acids is 1. The quantitative estimate of drug-likeness (QED) is 0.808. The molecule has 5 nitrogen and oxygen atoms in total. The lowest BCUT2D eigenvalue weighted by molar-refractivity contribution is 0.135. The van der Waals surface area contributed by atoms with E-state index in [0.717, 1.165) is 31.9 Å². The zero-order valence-electron chi connectivity index (χ0n) is 11.9. The molecule has 0 radical (unpaired) electrons. The molecule has 0 aliphatic carbocycles. The van der Waals surface area contributed by atoms with Gasteiger partial charge in [-0.05, 0) is 30.2 Å². The molecule has 1 amide bonds. The molecule has 1 N–H and O–H groups in total. The van der Waals surface area contributed by atoms with E-state index < -0.39 is 6.09 Å². The van der Waals surface area contributed by atoms with Crippen LogP contribution in [-0.2, 0) is 6.54 Å². The van der Waals surface area contributed by atoms with Crippen molar-refractivity contribution < 1.29 is 9.63 Å². The van der Waals surface area contributed by atoms with Crippen LogP contribution in [0.15, 0.2) is 53.3 Å². The van der Waals surface area contributed by atoms with Gasteiger partial charge in [-0.3, -0.25) is 4.79 Å². The van der Waals surface area contributed by atoms with Crippen molar-refractivity contribution in [3.05, 3.63) is 69.3 Å². The third-order valence-corrected chi connectivity index (χ3v) is 4.21. The maximum atomic E-state index is 11.9. The second kappa shape index (κ2) is 6.03. The van der Waals surface area contributed by atoms with Crippen LogP contribution < -0.4 is 15.0 Å². The zero-order chi connectivity index (χ0) is 15.5. The zero-order valence-corrected chi connectivity index (χ0v) is 12.7. The van der Waals surface area contributed by atoms with Crippen molar-refractivity contribution in [2.75, 3.05) is 0 Å². The van der Waals surface area contributed by atoms with E-state index in [1.807, 2.05) is 43.3 Å². The van der Waals surface area contributed by atoms with Gasteiger partial charge in [0, 0.05) is 6.54 Å². The number of benzene rings is 2. The molecule has 0 fully saturated rings. The van der Waals surface area contributed by atoms with Crippen molar-refractivity contribution >= 4 is 27.6 Å². The third-order valence-electron chi connectivity index (χ3n) is 3.31. The Morgan fingerprint density at radius 3 is 2.73 bits per heavy atom. The number of para-hydroxylation sites is 1. The number of hydrogen-bond donors (Lipinski definition) is 1. The van der Waals surface area contributed by atoms with Crippen molar-refractivity contribution in [3.8, 4) is 0 Å². The first-order chi connectivity index (χ1) is 10.6. The van der Waals surface area contributed by atoms with Crippen LogP contribution in [0.25, 0.3) is 10.2 Å². The third kappa shape index (κ3) is 2.87. The Labute approximate surface area is 130 Å². The molecular formula is C16H14N2O3S. The Bertz CT molecular complexity index is 882. The van der Waals surface area contributed by atoms with Gasteiger partial charge in [-0.25, -0.2) is 4.79 Å². The minimum atomic E-state index is -0.658. The molecule has 3 rings (SSSR count). The Morgan fingerprint density at radius 2 is 1.91 bits per heavy atom. The fraction of sp³-hybridized carbons (Fsp3) is 0.125. The number of nitrogens with zero attached hydrogens (tertiary/aromatic N) is 1. The summed E-state index contributed by atoms with van der Waals surface area (Å²) < 4.78 is 1.80. The molecule has 22 heavy (non-hydrogen) atoms.